The van der Waals surface area contributed by atoms with Crippen molar-refractivity contribution in [3.05, 3.63) is 60.3 Å². The second-order valence-electron chi connectivity index (χ2n) is 9.35. The number of imidazole rings is 1. The third-order valence-electron chi connectivity index (χ3n) is 6.79. The molecule has 1 aromatic heterocycles. The lowest BCUT2D eigenvalue weighted by Gasteiger charge is -2.21. The molecule has 2 aromatic carbocycles. The molecule has 0 bridgehead atoms. The first-order chi connectivity index (χ1) is 17.8. The molecule has 2 saturated heterocycles. The Balaban J connectivity index is 1.29. The Morgan fingerprint density at radius 1 is 1.16 bits per heavy atom. The van der Waals surface area contributed by atoms with Crippen molar-refractivity contribution in [1.29, 1.82) is 0 Å². The minimum atomic E-state index is -0.574. The minimum Gasteiger partial charge on any atom is -0.442 e. The number of ether oxygens (including phenoxy) is 1. The summed E-state index contributed by atoms with van der Waals surface area (Å²) in [7, 11) is 0. The number of halogens is 1. The van der Waals surface area contributed by atoms with Crippen molar-refractivity contribution in [2.24, 2.45) is 0 Å². The monoisotopic (exact) mass is 505 g/mol. The zero-order chi connectivity index (χ0) is 26.1. The van der Waals surface area contributed by atoms with Crippen molar-refractivity contribution >= 4 is 23.6 Å². The molecule has 2 aliphatic rings. The molecular formula is C27H28FN5O4. The van der Waals surface area contributed by atoms with E-state index in [9.17, 15) is 14.4 Å². The van der Waals surface area contributed by atoms with E-state index < -0.39 is 18.0 Å². The first-order valence-electron chi connectivity index (χ1n) is 12.2. The third kappa shape index (κ3) is 5.04. The van der Waals surface area contributed by atoms with Crippen LogP contribution in [0, 0.1) is 5.82 Å². The Bertz CT molecular complexity index is 1340. The molecule has 5 rings (SSSR count). The molecule has 10 heteroatoms. The number of hydrogen-bond donors (Lipinski definition) is 2. The summed E-state index contributed by atoms with van der Waals surface area (Å²) >= 11 is 0. The fourth-order valence-corrected chi connectivity index (χ4v) is 4.91. The van der Waals surface area contributed by atoms with Crippen molar-refractivity contribution < 1.29 is 23.5 Å². The van der Waals surface area contributed by atoms with E-state index in [-0.39, 0.29) is 30.9 Å². The number of hydrogen-bond acceptors (Lipinski definition) is 5. The maximum absolute atomic E-state index is 15.1. The standard InChI is InChI=1S/C27H28FN5O4/c1-16(34)29-13-21-15-33(27(36)37-21)20-9-10-22(23(28)12-20)18-5-7-19(8-6-18)24-14-30-26(31-24)25-4-3-11-32(25)17(2)35/h5-10,12,14,21,25H,3-4,11,13,15H2,1-2H3,(H,29,34)(H,30,31). The highest BCUT2D eigenvalue weighted by molar-refractivity contribution is 5.90. The van der Waals surface area contributed by atoms with Gasteiger partial charge in [0, 0.05) is 26.0 Å². The van der Waals surface area contributed by atoms with Crippen LogP contribution in [-0.4, -0.2) is 58.5 Å². The van der Waals surface area contributed by atoms with Gasteiger partial charge in [-0.15, -0.1) is 0 Å². The van der Waals surface area contributed by atoms with Crippen LogP contribution in [-0.2, 0) is 14.3 Å². The van der Waals surface area contributed by atoms with Gasteiger partial charge in [0.15, 0.2) is 0 Å². The minimum absolute atomic E-state index is 0.0355. The van der Waals surface area contributed by atoms with Gasteiger partial charge in [-0.2, -0.15) is 0 Å². The second kappa shape index (κ2) is 10.0. The molecule has 3 heterocycles. The Morgan fingerprint density at radius 2 is 1.92 bits per heavy atom. The molecule has 2 aliphatic heterocycles. The summed E-state index contributed by atoms with van der Waals surface area (Å²) in [5.41, 5.74) is 3.22. The second-order valence-corrected chi connectivity index (χ2v) is 9.35. The molecule has 37 heavy (non-hydrogen) atoms. The Hall–Kier alpha value is -4.21. The van der Waals surface area contributed by atoms with Gasteiger partial charge in [0.1, 0.15) is 17.7 Å². The number of H-pyrrole nitrogens is 1. The van der Waals surface area contributed by atoms with Crippen LogP contribution in [0.5, 0.6) is 0 Å². The van der Waals surface area contributed by atoms with Crippen molar-refractivity contribution in [3.8, 4) is 22.4 Å². The number of amides is 3. The van der Waals surface area contributed by atoms with E-state index in [1.165, 1.54) is 17.9 Å². The van der Waals surface area contributed by atoms with E-state index in [0.717, 1.165) is 36.5 Å². The summed E-state index contributed by atoms with van der Waals surface area (Å²) in [6.07, 6.45) is 2.52. The average molecular weight is 506 g/mol. The maximum atomic E-state index is 15.1. The summed E-state index contributed by atoms with van der Waals surface area (Å²) in [5.74, 6) is 0.146. The number of aromatic nitrogens is 2. The first-order valence-corrected chi connectivity index (χ1v) is 12.2. The smallest absolute Gasteiger partial charge is 0.414 e. The molecule has 0 radical (unpaired) electrons. The van der Waals surface area contributed by atoms with E-state index in [1.54, 1.807) is 25.3 Å². The van der Waals surface area contributed by atoms with E-state index in [1.807, 2.05) is 29.2 Å². The molecule has 3 amide bonds. The lowest BCUT2D eigenvalue weighted by atomic mass is 10.0. The largest absolute Gasteiger partial charge is 0.442 e. The van der Waals surface area contributed by atoms with Crippen LogP contribution in [0.1, 0.15) is 38.6 Å². The van der Waals surface area contributed by atoms with Crippen molar-refractivity contribution in [3.63, 3.8) is 0 Å². The van der Waals surface area contributed by atoms with Gasteiger partial charge in [-0.05, 0) is 42.2 Å². The van der Waals surface area contributed by atoms with Gasteiger partial charge in [0.25, 0.3) is 0 Å². The number of rotatable bonds is 6. The molecule has 9 nitrogen and oxygen atoms in total. The van der Waals surface area contributed by atoms with Gasteiger partial charge < -0.3 is 19.9 Å². The van der Waals surface area contributed by atoms with E-state index in [0.29, 0.717) is 16.8 Å². The van der Waals surface area contributed by atoms with Crippen LogP contribution in [0.15, 0.2) is 48.7 Å². The van der Waals surface area contributed by atoms with Gasteiger partial charge in [0.2, 0.25) is 11.8 Å². The Kier molecular flexibility index (Phi) is 6.64. The van der Waals surface area contributed by atoms with Crippen LogP contribution < -0.4 is 10.2 Å². The number of likely N-dealkylation sites (tertiary alicyclic amines) is 1. The Morgan fingerprint density at radius 3 is 2.62 bits per heavy atom. The molecule has 2 unspecified atom stereocenters. The lowest BCUT2D eigenvalue weighted by molar-refractivity contribution is -0.129. The zero-order valence-corrected chi connectivity index (χ0v) is 20.7. The number of nitrogens with one attached hydrogen (secondary N) is 2. The molecule has 0 spiro atoms. The highest BCUT2D eigenvalue weighted by Crippen LogP contribution is 2.33. The highest BCUT2D eigenvalue weighted by atomic mass is 19.1. The van der Waals surface area contributed by atoms with E-state index in [2.05, 4.69) is 15.3 Å². The quantitative estimate of drug-likeness (QED) is 0.526. The topological polar surface area (TPSA) is 108 Å². The summed E-state index contributed by atoms with van der Waals surface area (Å²) < 4.78 is 20.3. The van der Waals surface area contributed by atoms with Gasteiger partial charge in [-0.1, -0.05) is 24.3 Å². The van der Waals surface area contributed by atoms with Gasteiger partial charge >= 0.3 is 6.09 Å². The molecule has 2 atom stereocenters. The lowest BCUT2D eigenvalue weighted by Crippen LogP contribution is -2.33. The summed E-state index contributed by atoms with van der Waals surface area (Å²) in [4.78, 5) is 46.3. The molecule has 192 valence electrons. The van der Waals surface area contributed by atoms with Gasteiger partial charge in [0.05, 0.1) is 36.7 Å². The van der Waals surface area contributed by atoms with Crippen molar-refractivity contribution in [2.45, 2.75) is 38.8 Å². The predicted molar refractivity (Wildman–Crippen MR) is 135 cm³/mol. The summed E-state index contributed by atoms with van der Waals surface area (Å²) in [5, 5.41) is 2.62. The zero-order valence-electron chi connectivity index (χ0n) is 20.7. The van der Waals surface area contributed by atoms with Crippen LogP contribution >= 0.6 is 0 Å². The van der Waals surface area contributed by atoms with E-state index in [4.69, 9.17) is 4.74 Å². The number of carbonyl (C=O) groups excluding carboxylic acids is 3. The summed E-state index contributed by atoms with van der Waals surface area (Å²) in [6, 6.07) is 12.0. The van der Waals surface area contributed by atoms with Gasteiger partial charge in [-0.3, -0.25) is 14.5 Å². The average Bonchev–Trinajstić information content (AvgIpc) is 3.62. The normalized spacial score (nSPS) is 19.3. The first kappa shape index (κ1) is 24.5. The van der Waals surface area contributed by atoms with E-state index >= 15 is 4.39 Å². The van der Waals surface area contributed by atoms with Crippen molar-refractivity contribution in [2.75, 3.05) is 24.5 Å². The fourth-order valence-electron chi connectivity index (χ4n) is 4.91. The number of aromatic amines is 1. The molecule has 2 fully saturated rings. The molecular weight excluding hydrogens is 477 g/mol. The number of cyclic esters (lactones) is 1. The van der Waals surface area contributed by atoms with Gasteiger partial charge in [-0.25, -0.2) is 14.2 Å². The molecule has 0 aliphatic carbocycles. The molecule has 0 saturated carbocycles. The molecule has 2 N–H and O–H groups in total. The number of benzene rings is 2. The SMILES string of the molecule is CC(=O)NCC1CN(c2ccc(-c3ccc(-c4cnc(C5CCCN5C(C)=O)[nH]4)cc3)c(F)c2)C(=O)O1. The van der Waals surface area contributed by atoms with Crippen LogP contribution in [0.4, 0.5) is 14.9 Å². The predicted octanol–water partition coefficient (Wildman–Crippen LogP) is 4.03. The third-order valence-corrected chi connectivity index (χ3v) is 6.79. The maximum Gasteiger partial charge on any atom is 0.414 e. The Labute approximate surface area is 213 Å². The van der Waals surface area contributed by atoms with Crippen LogP contribution in [0.25, 0.3) is 22.4 Å². The summed E-state index contributed by atoms with van der Waals surface area (Å²) in [6.45, 7) is 4.14. The van der Waals surface area contributed by atoms with Crippen LogP contribution in [0.3, 0.4) is 0 Å². The number of anilines is 1. The molecule has 3 aromatic rings. The highest BCUT2D eigenvalue weighted by Gasteiger charge is 2.33. The number of nitrogens with zero attached hydrogens (tertiary/aromatic N) is 3. The fraction of sp³-hybridized carbons (Fsp3) is 0.333. The van der Waals surface area contributed by atoms with Crippen molar-refractivity contribution in [1.82, 2.24) is 20.2 Å². The number of carbonyl (C=O) groups is 3. The van der Waals surface area contributed by atoms with Crippen LogP contribution in [0.2, 0.25) is 0 Å².